The Morgan fingerprint density at radius 3 is 2.55 bits per heavy atom. The molecule has 1 N–H and O–H groups in total. The molecule has 1 aliphatic rings. The Bertz CT molecular complexity index is 2070. The molecule has 6 aromatic rings. The van der Waals surface area contributed by atoms with Crippen molar-refractivity contribution in [2.75, 3.05) is 4.90 Å². The van der Waals surface area contributed by atoms with Crippen molar-refractivity contribution in [1.82, 2.24) is 14.4 Å². The van der Waals surface area contributed by atoms with Gasteiger partial charge in [0.05, 0.1) is 27.5 Å². The minimum absolute atomic E-state index is 0.0668. The van der Waals surface area contributed by atoms with Crippen molar-refractivity contribution in [2.24, 2.45) is 0 Å². The highest BCUT2D eigenvalue weighted by Gasteiger charge is 2.48. The molecule has 1 saturated heterocycles. The van der Waals surface area contributed by atoms with Gasteiger partial charge in [-0.25, -0.2) is 9.97 Å². The van der Waals surface area contributed by atoms with Crippen molar-refractivity contribution in [3.63, 3.8) is 0 Å². The molecule has 1 amide bonds. The third kappa shape index (κ3) is 4.30. The van der Waals surface area contributed by atoms with Gasteiger partial charge in [0, 0.05) is 11.2 Å². The highest BCUT2D eigenvalue weighted by atomic mass is 35.5. The molecule has 0 aliphatic carbocycles. The summed E-state index contributed by atoms with van der Waals surface area (Å²) in [5.41, 5.74) is 2.58. The number of hydrogen-bond acceptors (Lipinski definition) is 7. The summed E-state index contributed by atoms with van der Waals surface area (Å²) in [5, 5.41) is 12.6. The van der Waals surface area contributed by atoms with Crippen molar-refractivity contribution in [2.45, 2.75) is 13.0 Å². The number of benzene rings is 3. The first-order valence-electron chi connectivity index (χ1n) is 13.0. The molecule has 0 bridgehead atoms. The maximum atomic E-state index is 13.8. The summed E-state index contributed by atoms with van der Waals surface area (Å²) < 4.78 is 8.53. The number of aromatic nitrogens is 3. The number of carbonyl (C=O) groups excluding carboxylic acids is 2. The molecule has 1 aliphatic heterocycles. The third-order valence-electron chi connectivity index (χ3n) is 7.07. The van der Waals surface area contributed by atoms with Gasteiger partial charge < -0.3 is 9.84 Å². The molecule has 7 rings (SSSR count). The quantitative estimate of drug-likeness (QED) is 0.128. The second-order valence-corrected chi connectivity index (χ2v) is 11.2. The average Bonchev–Trinajstić information content (AvgIpc) is 3.63. The Morgan fingerprint density at radius 1 is 0.929 bits per heavy atom. The highest BCUT2D eigenvalue weighted by Crippen LogP contribution is 2.45. The van der Waals surface area contributed by atoms with Gasteiger partial charge in [-0.3, -0.25) is 18.9 Å². The molecule has 0 radical (unpaired) electrons. The van der Waals surface area contributed by atoms with E-state index in [-0.39, 0.29) is 11.3 Å². The van der Waals surface area contributed by atoms with Crippen LogP contribution in [0.3, 0.4) is 0 Å². The number of aliphatic hydroxyl groups excluding tert-OH is 1. The molecule has 10 heteroatoms. The number of para-hydroxylation sites is 1. The summed E-state index contributed by atoms with van der Waals surface area (Å²) in [6.45, 7) is 1.75. The Kier molecular flexibility index (Phi) is 6.26. The second-order valence-electron chi connectivity index (χ2n) is 9.74. The zero-order valence-corrected chi connectivity index (χ0v) is 23.6. The van der Waals surface area contributed by atoms with Crippen LogP contribution in [-0.2, 0) is 9.59 Å². The van der Waals surface area contributed by atoms with E-state index in [0.717, 1.165) is 4.70 Å². The number of thiazole rings is 1. The fourth-order valence-corrected chi connectivity index (χ4v) is 6.50. The van der Waals surface area contributed by atoms with Gasteiger partial charge in [0.1, 0.15) is 22.8 Å². The summed E-state index contributed by atoms with van der Waals surface area (Å²) in [6, 6.07) is 26.1. The molecule has 3 aromatic heterocycles. The van der Waals surface area contributed by atoms with Crippen molar-refractivity contribution in [3.05, 3.63) is 125 Å². The first kappa shape index (κ1) is 25.9. The zero-order valence-electron chi connectivity index (χ0n) is 22.1. The molecule has 3 aromatic carbocycles. The zero-order chi connectivity index (χ0) is 29.0. The number of ether oxygens (including phenoxy) is 1. The fourth-order valence-electron chi connectivity index (χ4n) is 5.23. The molecular formula is C32H21ClN4O4S. The highest BCUT2D eigenvalue weighted by molar-refractivity contribution is 7.22. The van der Waals surface area contributed by atoms with Crippen LogP contribution in [0.15, 0.2) is 103 Å². The number of aryl methyl sites for hydroxylation is 1. The minimum atomic E-state index is -0.992. The van der Waals surface area contributed by atoms with E-state index in [1.165, 1.54) is 16.2 Å². The van der Waals surface area contributed by atoms with Crippen LogP contribution < -0.4 is 9.64 Å². The molecule has 8 nitrogen and oxygen atoms in total. The normalized spacial score (nSPS) is 16.5. The van der Waals surface area contributed by atoms with Gasteiger partial charge >= 0.3 is 5.91 Å². The number of amides is 1. The van der Waals surface area contributed by atoms with Crippen molar-refractivity contribution >= 4 is 61.4 Å². The SMILES string of the molecule is Cc1nc2ccccn2c1C(O)=C1C(=O)C(=O)N(c2nc3ccc(Cl)cc3s2)C1c1cccc(Oc2ccccc2)c1. The number of nitrogens with zero attached hydrogens (tertiary/aromatic N) is 4. The van der Waals surface area contributed by atoms with Gasteiger partial charge in [-0.15, -0.1) is 0 Å². The minimum Gasteiger partial charge on any atom is -0.505 e. The maximum absolute atomic E-state index is 13.8. The van der Waals surface area contributed by atoms with Crippen LogP contribution in [0.1, 0.15) is 23.0 Å². The van der Waals surface area contributed by atoms with E-state index in [0.29, 0.717) is 49.8 Å². The number of aliphatic hydroxyl groups is 1. The average molecular weight is 593 g/mol. The van der Waals surface area contributed by atoms with Gasteiger partial charge in [-0.2, -0.15) is 0 Å². The van der Waals surface area contributed by atoms with Gasteiger partial charge in [-0.1, -0.05) is 59.3 Å². The number of fused-ring (bicyclic) bond motifs is 2. The number of anilines is 1. The lowest BCUT2D eigenvalue weighted by molar-refractivity contribution is -0.132. The monoisotopic (exact) mass is 592 g/mol. The van der Waals surface area contributed by atoms with Crippen LogP contribution in [0.25, 0.3) is 21.6 Å². The van der Waals surface area contributed by atoms with E-state index in [4.69, 9.17) is 16.3 Å². The summed E-state index contributed by atoms with van der Waals surface area (Å²) in [5.74, 6) is -0.808. The first-order valence-corrected chi connectivity index (χ1v) is 14.2. The van der Waals surface area contributed by atoms with Crippen molar-refractivity contribution in [1.29, 1.82) is 0 Å². The maximum Gasteiger partial charge on any atom is 0.301 e. The van der Waals surface area contributed by atoms with Crippen LogP contribution in [0.4, 0.5) is 5.13 Å². The Balaban J connectivity index is 1.44. The van der Waals surface area contributed by atoms with Gasteiger partial charge in [-0.05, 0) is 67.1 Å². The molecule has 0 saturated carbocycles. The first-order chi connectivity index (χ1) is 20.4. The number of pyridine rings is 1. The molecule has 4 heterocycles. The number of ketones is 1. The predicted molar refractivity (Wildman–Crippen MR) is 162 cm³/mol. The Morgan fingerprint density at radius 2 is 1.71 bits per heavy atom. The van der Waals surface area contributed by atoms with Crippen molar-refractivity contribution in [3.8, 4) is 11.5 Å². The number of Topliss-reactive ketones (excluding diaryl/α,β-unsaturated/α-hetero) is 1. The Hall–Kier alpha value is -4.99. The molecule has 1 unspecified atom stereocenters. The van der Waals surface area contributed by atoms with E-state index >= 15 is 0 Å². The van der Waals surface area contributed by atoms with E-state index in [9.17, 15) is 14.7 Å². The molecule has 206 valence electrons. The Labute approximate surface area is 248 Å². The smallest absolute Gasteiger partial charge is 0.301 e. The second kappa shape index (κ2) is 10.1. The van der Waals surface area contributed by atoms with Crippen LogP contribution in [-0.4, -0.2) is 31.2 Å². The fraction of sp³-hybridized carbons (Fsp3) is 0.0625. The van der Waals surface area contributed by atoms with Crippen LogP contribution >= 0.6 is 22.9 Å². The molecule has 1 atom stereocenters. The number of hydrogen-bond donors (Lipinski definition) is 1. The van der Waals surface area contributed by atoms with Crippen molar-refractivity contribution < 1.29 is 19.4 Å². The summed E-state index contributed by atoms with van der Waals surface area (Å²) in [7, 11) is 0. The predicted octanol–water partition coefficient (Wildman–Crippen LogP) is 7.32. The largest absolute Gasteiger partial charge is 0.505 e. The lowest BCUT2D eigenvalue weighted by atomic mass is 9.96. The molecule has 0 spiro atoms. The van der Waals surface area contributed by atoms with Gasteiger partial charge in [0.25, 0.3) is 5.78 Å². The topological polar surface area (TPSA) is 97.0 Å². The van der Waals surface area contributed by atoms with Gasteiger partial charge in [0.15, 0.2) is 10.9 Å². The molecule has 42 heavy (non-hydrogen) atoms. The van der Waals surface area contributed by atoms with Gasteiger partial charge in [0.2, 0.25) is 0 Å². The van der Waals surface area contributed by atoms with Crippen LogP contribution in [0.5, 0.6) is 11.5 Å². The summed E-state index contributed by atoms with van der Waals surface area (Å²) in [4.78, 5) is 38.1. The number of halogens is 1. The third-order valence-corrected chi connectivity index (χ3v) is 8.32. The van der Waals surface area contributed by atoms with E-state index in [2.05, 4.69) is 9.97 Å². The molecule has 1 fully saturated rings. The number of rotatable bonds is 5. The summed E-state index contributed by atoms with van der Waals surface area (Å²) >= 11 is 7.45. The van der Waals surface area contributed by atoms with E-state index < -0.39 is 17.7 Å². The van der Waals surface area contributed by atoms with Crippen LogP contribution in [0, 0.1) is 6.92 Å². The lowest BCUT2D eigenvalue weighted by Gasteiger charge is -2.23. The van der Waals surface area contributed by atoms with Crippen LogP contribution in [0.2, 0.25) is 5.02 Å². The number of imidazole rings is 1. The standard InChI is InChI=1S/C32H21ClN4O4S/c1-18-27(36-15-6-5-12-25(36)34-18)29(38)26-28(19-8-7-11-22(16-19)41-21-9-3-2-4-10-21)37(31(40)30(26)39)32-35-23-14-13-20(33)17-24(23)42-32/h2-17,28,38H,1H3. The number of carbonyl (C=O) groups is 2. The lowest BCUT2D eigenvalue weighted by Crippen LogP contribution is -2.29. The van der Waals surface area contributed by atoms with E-state index in [1.807, 2.05) is 36.4 Å². The summed E-state index contributed by atoms with van der Waals surface area (Å²) in [6.07, 6.45) is 1.75. The molecular weight excluding hydrogens is 572 g/mol. The van der Waals surface area contributed by atoms with E-state index in [1.54, 1.807) is 72.1 Å².